The van der Waals surface area contributed by atoms with E-state index in [4.69, 9.17) is 15.2 Å². The van der Waals surface area contributed by atoms with Gasteiger partial charge in [-0.25, -0.2) is 15.0 Å². The minimum absolute atomic E-state index is 0.239. The second-order valence-corrected chi connectivity index (χ2v) is 6.02. The van der Waals surface area contributed by atoms with Crippen LogP contribution in [0.3, 0.4) is 0 Å². The van der Waals surface area contributed by atoms with Crippen LogP contribution in [0, 0.1) is 0 Å². The second kappa shape index (κ2) is 5.68. The Kier molecular flexibility index (Phi) is 3.64. The highest BCUT2D eigenvalue weighted by Crippen LogP contribution is 2.33. The van der Waals surface area contributed by atoms with Gasteiger partial charge in [0.15, 0.2) is 17.7 Å². The number of hydrogen-bond acceptors (Lipinski definition) is 8. The van der Waals surface area contributed by atoms with Crippen molar-refractivity contribution >= 4 is 17.0 Å². The maximum atomic E-state index is 10.3. The summed E-state index contributed by atoms with van der Waals surface area (Å²) in [6, 6.07) is 0. The summed E-state index contributed by atoms with van der Waals surface area (Å²) < 4.78 is 13.0. The average molecular weight is 321 g/mol. The molecule has 2 aromatic rings. The van der Waals surface area contributed by atoms with Gasteiger partial charge in [0, 0.05) is 0 Å². The number of aliphatic hydroxyl groups is 2. The Morgan fingerprint density at radius 2 is 2.09 bits per heavy atom. The number of nitrogens with zero attached hydrogens (tertiary/aromatic N) is 4. The van der Waals surface area contributed by atoms with Crippen molar-refractivity contribution in [2.24, 2.45) is 0 Å². The van der Waals surface area contributed by atoms with Crippen LogP contribution in [0.5, 0.6) is 0 Å². The number of nitrogens with two attached hydrogens (primary N) is 1. The van der Waals surface area contributed by atoms with E-state index in [2.05, 4.69) is 15.0 Å². The fraction of sp³-hybridized carbons (Fsp3) is 0.643. The van der Waals surface area contributed by atoms with Crippen molar-refractivity contribution in [3.63, 3.8) is 0 Å². The normalized spacial score (nSPS) is 31.6. The smallest absolute Gasteiger partial charge is 0.167 e. The molecule has 0 unspecified atom stereocenters. The lowest BCUT2D eigenvalue weighted by molar-refractivity contribution is -0.0941. The molecule has 1 saturated carbocycles. The van der Waals surface area contributed by atoms with Crippen molar-refractivity contribution in [2.45, 2.75) is 49.9 Å². The molecular formula is C14H19N5O4. The molecule has 4 rings (SSSR count). The monoisotopic (exact) mass is 321 g/mol. The van der Waals surface area contributed by atoms with Gasteiger partial charge in [-0.05, 0) is 19.3 Å². The van der Waals surface area contributed by atoms with E-state index in [1.807, 2.05) is 0 Å². The number of aliphatic hydroxyl groups excluding tert-OH is 2. The first-order chi connectivity index (χ1) is 11.1. The largest absolute Gasteiger partial charge is 0.387 e. The first kappa shape index (κ1) is 14.8. The number of imidazole rings is 1. The zero-order valence-corrected chi connectivity index (χ0v) is 12.4. The van der Waals surface area contributed by atoms with E-state index >= 15 is 0 Å². The van der Waals surface area contributed by atoms with Crippen LogP contribution in [0.15, 0.2) is 12.7 Å². The molecule has 0 radical (unpaired) electrons. The van der Waals surface area contributed by atoms with Crippen molar-refractivity contribution in [2.75, 3.05) is 12.3 Å². The van der Waals surface area contributed by atoms with E-state index in [1.165, 1.54) is 19.1 Å². The topological polar surface area (TPSA) is 129 Å². The maximum absolute atomic E-state index is 10.3. The van der Waals surface area contributed by atoms with Crippen LogP contribution in [0.2, 0.25) is 0 Å². The fourth-order valence-corrected chi connectivity index (χ4v) is 2.92. The molecule has 3 heterocycles. The molecule has 0 bridgehead atoms. The van der Waals surface area contributed by atoms with Gasteiger partial charge in [-0.1, -0.05) is 0 Å². The highest BCUT2D eigenvalue weighted by Gasteiger charge is 2.44. The molecule has 0 spiro atoms. The van der Waals surface area contributed by atoms with Gasteiger partial charge in [0.1, 0.15) is 30.2 Å². The zero-order valence-electron chi connectivity index (χ0n) is 12.4. The summed E-state index contributed by atoms with van der Waals surface area (Å²) in [6.45, 7) is 0.253. The van der Waals surface area contributed by atoms with Crippen molar-refractivity contribution in [3.05, 3.63) is 12.7 Å². The molecule has 4 N–H and O–H groups in total. The molecule has 23 heavy (non-hydrogen) atoms. The van der Waals surface area contributed by atoms with Crippen LogP contribution in [-0.4, -0.2) is 60.8 Å². The fourth-order valence-electron chi connectivity index (χ4n) is 2.92. The predicted molar refractivity (Wildman–Crippen MR) is 79.3 cm³/mol. The highest BCUT2D eigenvalue weighted by atomic mass is 16.6. The van der Waals surface area contributed by atoms with Crippen LogP contribution in [0.4, 0.5) is 5.82 Å². The van der Waals surface area contributed by atoms with Crippen molar-refractivity contribution in [1.82, 2.24) is 19.5 Å². The third-order valence-electron chi connectivity index (χ3n) is 4.55. The molecule has 9 nitrogen and oxygen atoms in total. The molecule has 1 aliphatic heterocycles. The van der Waals surface area contributed by atoms with Crippen molar-refractivity contribution in [1.29, 1.82) is 0 Å². The molecule has 1 aliphatic carbocycles. The van der Waals surface area contributed by atoms with Gasteiger partial charge in [0.25, 0.3) is 0 Å². The van der Waals surface area contributed by atoms with Crippen LogP contribution in [0.25, 0.3) is 11.2 Å². The molecule has 2 fully saturated rings. The molecule has 2 aromatic heterocycles. The number of nitrogen functional groups attached to an aromatic ring is 1. The first-order valence-corrected chi connectivity index (χ1v) is 7.71. The summed E-state index contributed by atoms with van der Waals surface area (Å²) in [6.07, 6.45) is 2.78. The average Bonchev–Trinajstić information content (AvgIpc) is 3.03. The first-order valence-electron chi connectivity index (χ1n) is 7.71. The summed E-state index contributed by atoms with van der Waals surface area (Å²) >= 11 is 0. The Bertz CT molecular complexity index is 704. The zero-order chi connectivity index (χ0) is 16.0. The Morgan fingerprint density at radius 3 is 2.83 bits per heavy atom. The number of hydrogen-bond donors (Lipinski definition) is 3. The molecule has 124 valence electrons. The van der Waals surface area contributed by atoms with E-state index in [-0.39, 0.29) is 18.5 Å². The van der Waals surface area contributed by atoms with E-state index in [9.17, 15) is 10.2 Å². The van der Waals surface area contributed by atoms with Crippen molar-refractivity contribution in [3.8, 4) is 0 Å². The maximum Gasteiger partial charge on any atom is 0.167 e. The highest BCUT2D eigenvalue weighted by molar-refractivity contribution is 5.81. The number of ether oxygens (including phenoxy) is 2. The quantitative estimate of drug-likeness (QED) is 0.693. The molecule has 0 aromatic carbocycles. The van der Waals surface area contributed by atoms with Crippen LogP contribution in [-0.2, 0) is 9.47 Å². The standard InChI is InChI=1S/C14H19N5O4/c15-12-9-13(17-5-16-12)19(6-18-9)14-11(21)10(20)8(23-14)4-22-7-2-1-3-7/h5-8,10-11,14,20-21H,1-4H2,(H2,15,16,17)/t8-,10-,11-,14-/m1/s1. The molecule has 0 amide bonds. The predicted octanol–water partition coefficient (Wildman–Crippen LogP) is -0.403. The van der Waals surface area contributed by atoms with E-state index in [1.54, 1.807) is 4.57 Å². The van der Waals surface area contributed by atoms with E-state index in [0.29, 0.717) is 11.2 Å². The van der Waals surface area contributed by atoms with Gasteiger partial charge in [0.05, 0.1) is 19.0 Å². The summed E-state index contributed by atoms with van der Waals surface area (Å²) in [5, 5.41) is 20.5. The van der Waals surface area contributed by atoms with Gasteiger partial charge in [-0.15, -0.1) is 0 Å². The molecule has 4 atom stereocenters. The van der Waals surface area contributed by atoms with E-state index < -0.39 is 24.5 Å². The summed E-state index contributed by atoms with van der Waals surface area (Å²) in [5.74, 6) is 0.256. The SMILES string of the molecule is Nc1ncnc2c1ncn2[C@@H]1O[C@H](COC2CCC2)[C@@H](O)[C@H]1O. The van der Waals surface area contributed by atoms with Crippen LogP contribution in [0.1, 0.15) is 25.5 Å². The summed E-state index contributed by atoms with van der Waals surface area (Å²) in [4.78, 5) is 12.2. The number of rotatable bonds is 4. The molecule has 9 heteroatoms. The van der Waals surface area contributed by atoms with E-state index in [0.717, 1.165) is 12.8 Å². The minimum Gasteiger partial charge on any atom is -0.387 e. The third-order valence-corrected chi connectivity index (χ3v) is 4.55. The Hall–Kier alpha value is -1.81. The second-order valence-electron chi connectivity index (χ2n) is 6.02. The van der Waals surface area contributed by atoms with Gasteiger partial charge in [-0.2, -0.15) is 0 Å². The van der Waals surface area contributed by atoms with Gasteiger partial charge in [0.2, 0.25) is 0 Å². The van der Waals surface area contributed by atoms with Crippen molar-refractivity contribution < 1.29 is 19.7 Å². The Balaban J connectivity index is 1.54. The minimum atomic E-state index is -1.10. The summed E-state index contributed by atoms with van der Waals surface area (Å²) in [7, 11) is 0. The van der Waals surface area contributed by atoms with Gasteiger partial charge in [-0.3, -0.25) is 4.57 Å². The Morgan fingerprint density at radius 1 is 1.26 bits per heavy atom. The third kappa shape index (κ3) is 2.45. The molecular weight excluding hydrogens is 302 g/mol. The van der Waals surface area contributed by atoms with Crippen LogP contribution >= 0.6 is 0 Å². The Labute approximate surface area is 132 Å². The van der Waals surface area contributed by atoms with Gasteiger partial charge >= 0.3 is 0 Å². The lowest BCUT2D eigenvalue weighted by atomic mass is 9.96. The lowest BCUT2D eigenvalue weighted by Crippen LogP contribution is -2.35. The number of aromatic nitrogens is 4. The molecule has 2 aliphatic rings. The molecule has 1 saturated heterocycles. The van der Waals surface area contributed by atoms with Gasteiger partial charge < -0.3 is 25.4 Å². The number of anilines is 1. The van der Waals surface area contributed by atoms with Crippen LogP contribution < -0.4 is 5.73 Å². The summed E-state index contributed by atoms with van der Waals surface area (Å²) in [5.41, 5.74) is 6.65. The number of fused-ring (bicyclic) bond motifs is 1. The lowest BCUT2D eigenvalue weighted by Gasteiger charge is -2.27.